The Kier molecular flexibility index (Phi) is 6.48. The van der Waals surface area contributed by atoms with Gasteiger partial charge in [0.05, 0.1) is 21.3 Å². The lowest BCUT2D eigenvalue weighted by Gasteiger charge is -2.16. The van der Waals surface area contributed by atoms with Gasteiger partial charge in [-0.3, -0.25) is 4.79 Å². The average Bonchev–Trinajstić information content (AvgIpc) is 2.44. The quantitative estimate of drug-likeness (QED) is 0.764. The van der Waals surface area contributed by atoms with Crippen LogP contribution in [0.2, 0.25) is 0 Å². The highest BCUT2D eigenvalue weighted by Crippen LogP contribution is 2.23. The minimum atomic E-state index is -4.40. The van der Waals surface area contributed by atoms with Gasteiger partial charge in [0.15, 0.2) is 6.54 Å². The number of carbonyl (C=O) groups is 1. The molecule has 0 bridgehead atoms. The number of amides is 1. The Morgan fingerprint density at radius 1 is 1.27 bits per heavy atom. The number of likely N-dealkylation sites (N-methyl/N-ethyl adjacent to an activating group) is 1. The summed E-state index contributed by atoms with van der Waals surface area (Å²) in [4.78, 5) is 12.2. The Labute approximate surface area is 127 Å². The van der Waals surface area contributed by atoms with Crippen molar-refractivity contribution in [3.05, 3.63) is 23.8 Å². The SMILES string of the molecule is COc1ccc(C[NH+](C)CC(=O)NCC(F)(F)F)c(OC)c1. The molecule has 1 atom stereocenters. The predicted octanol–water partition coefficient (Wildman–Crippen LogP) is 0.397. The van der Waals surface area contributed by atoms with Gasteiger partial charge in [-0.1, -0.05) is 0 Å². The van der Waals surface area contributed by atoms with E-state index in [0.29, 0.717) is 18.0 Å². The van der Waals surface area contributed by atoms with E-state index in [9.17, 15) is 18.0 Å². The van der Waals surface area contributed by atoms with E-state index in [-0.39, 0.29) is 6.54 Å². The van der Waals surface area contributed by atoms with Gasteiger partial charge in [-0.05, 0) is 12.1 Å². The molecule has 0 heterocycles. The third-order valence-electron chi connectivity index (χ3n) is 2.93. The second-order valence-corrected chi connectivity index (χ2v) is 4.88. The normalized spacial score (nSPS) is 12.6. The summed E-state index contributed by atoms with van der Waals surface area (Å²) in [5.41, 5.74) is 0.837. The summed E-state index contributed by atoms with van der Waals surface area (Å²) in [5.74, 6) is 0.595. The second-order valence-electron chi connectivity index (χ2n) is 4.88. The lowest BCUT2D eigenvalue weighted by molar-refractivity contribution is -0.885. The average molecular weight is 321 g/mol. The third kappa shape index (κ3) is 6.21. The maximum Gasteiger partial charge on any atom is 0.405 e. The van der Waals surface area contributed by atoms with Crippen molar-refractivity contribution in [3.63, 3.8) is 0 Å². The molecule has 8 heteroatoms. The molecule has 1 aromatic carbocycles. The zero-order valence-electron chi connectivity index (χ0n) is 12.7. The van der Waals surface area contributed by atoms with E-state index < -0.39 is 18.6 Å². The first-order chi connectivity index (χ1) is 10.2. The van der Waals surface area contributed by atoms with Crippen LogP contribution in [0.4, 0.5) is 13.2 Å². The maximum absolute atomic E-state index is 12.0. The molecule has 22 heavy (non-hydrogen) atoms. The first kappa shape index (κ1) is 18.1. The number of carbonyl (C=O) groups excluding carboxylic acids is 1. The summed E-state index contributed by atoms with van der Waals surface area (Å²) in [5, 5.41) is 1.85. The van der Waals surface area contributed by atoms with Crippen LogP contribution in [0, 0.1) is 0 Å². The van der Waals surface area contributed by atoms with Gasteiger partial charge in [0.25, 0.3) is 5.91 Å². The number of nitrogens with one attached hydrogen (secondary N) is 2. The Balaban J connectivity index is 2.58. The molecule has 0 radical (unpaired) electrons. The number of rotatable bonds is 7. The summed E-state index contributed by atoms with van der Waals surface area (Å²) >= 11 is 0. The van der Waals surface area contributed by atoms with Crippen molar-refractivity contribution in [2.24, 2.45) is 0 Å². The number of quaternary nitrogens is 1. The van der Waals surface area contributed by atoms with Crippen LogP contribution in [0.15, 0.2) is 18.2 Å². The van der Waals surface area contributed by atoms with Crippen LogP contribution in [0.1, 0.15) is 5.56 Å². The number of alkyl halides is 3. The molecule has 5 nitrogen and oxygen atoms in total. The molecule has 2 N–H and O–H groups in total. The van der Waals surface area contributed by atoms with Gasteiger partial charge in [0, 0.05) is 11.6 Å². The van der Waals surface area contributed by atoms with Crippen LogP contribution in [0.3, 0.4) is 0 Å². The van der Waals surface area contributed by atoms with Gasteiger partial charge in [-0.15, -0.1) is 0 Å². The molecule has 0 fully saturated rings. The molecule has 0 aliphatic carbocycles. The third-order valence-corrected chi connectivity index (χ3v) is 2.93. The number of halogens is 3. The van der Waals surface area contributed by atoms with Crippen LogP contribution in [0.5, 0.6) is 11.5 Å². The lowest BCUT2D eigenvalue weighted by atomic mass is 10.2. The van der Waals surface area contributed by atoms with Crippen molar-refractivity contribution in [1.29, 1.82) is 0 Å². The van der Waals surface area contributed by atoms with Crippen molar-refractivity contribution >= 4 is 5.91 Å². The second kappa shape index (κ2) is 7.88. The fourth-order valence-corrected chi connectivity index (χ4v) is 1.92. The Bertz CT molecular complexity index is 507. The van der Waals surface area contributed by atoms with Gasteiger partial charge >= 0.3 is 6.18 Å². The number of methoxy groups -OCH3 is 2. The minimum absolute atomic E-state index is 0.0642. The molecule has 1 amide bonds. The predicted molar refractivity (Wildman–Crippen MR) is 74.1 cm³/mol. The summed E-state index contributed by atoms with van der Waals surface area (Å²) < 4.78 is 46.4. The van der Waals surface area contributed by atoms with E-state index in [4.69, 9.17) is 9.47 Å². The summed E-state index contributed by atoms with van der Waals surface area (Å²) in [6, 6.07) is 5.27. The smallest absolute Gasteiger partial charge is 0.405 e. The van der Waals surface area contributed by atoms with Crippen LogP contribution >= 0.6 is 0 Å². The maximum atomic E-state index is 12.0. The Morgan fingerprint density at radius 3 is 2.50 bits per heavy atom. The van der Waals surface area contributed by atoms with Crippen LogP contribution in [-0.4, -0.2) is 46.4 Å². The van der Waals surface area contributed by atoms with Crippen molar-refractivity contribution in [3.8, 4) is 11.5 Å². The van der Waals surface area contributed by atoms with Crippen molar-refractivity contribution in [1.82, 2.24) is 5.32 Å². The standard InChI is InChI=1S/C14H19F3N2O3/c1-19(8-13(20)18-9-14(15,16)17)7-10-4-5-11(21-2)6-12(10)22-3/h4-6H,7-9H2,1-3H3,(H,18,20)/p+1. The zero-order chi connectivity index (χ0) is 16.8. The van der Waals surface area contributed by atoms with Crippen molar-refractivity contribution in [2.75, 3.05) is 34.4 Å². The molecule has 0 aromatic heterocycles. The van der Waals surface area contributed by atoms with Crippen molar-refractivity contribution in [2.45, 2.75) is 12.7 Å². The van der Waals surface area contributed by atoms with Gasteiger partial charge in [0.1, 0.15) is 24.6 Å². The largest absolute Gasteiger partial charge is 0.497 e. The van der Waals surface area contributed by atoms with Crippen LogP contribution in [0.25, 0.3) is 0 Å². The summed E-state index contributed by atoms with van der Waals surface area (Å²) in [6.45, 7) is -0.942. The van der Waals surface area contributed by atoms with Gasteiger partial charge in [-0.2, -0.15) is 13.2 Å². The number of ether oxygens (including phenoxy) is 2. The number of benzene rings is 1. The molecule has 0 aliphatic heterocycles. The molecule has 0 aliphatic rings. The van der Waals surface area contributed by atoms with Crippen molar-refractivity contribution < 1.29 is 32.3 Å². The van der Waals surface area contributed by atoms with Gasteiger partial charge < -0.3 is 19.7 Å². The zero-order valence-corrected chi connectivity index (χ0v) is 12.7. The Hall–Kier alpha value is -1.96. The number of hydrogen-bond acceptors (Lipinski definition) is 3. The lowest BCUT2D eigenvalue weighted by Crippen LogP contribution is -3.08. The number of hydrogen-bond donors (Lipinski definition) is 2. The topological polar surface area (TPSA) is 52.0 Å². The van der Waals surface area contributed by atoms with Gasteiger partial charge in [-0.25, -0.2) is 0 Å². The van der Waals surface area contributed by atoms with Crippen LogP contribution < -0.4 is 19.7 Å². The fourth-order valence-electron chi connectivity index (χ4n) is 1.92. The molecule has 0 spiro atoms. The first-order valence-corrected chi connectivity index (χ1v) is 6.61. The molecule has 1 unspecified atom stereocenters. The first-order valence-electron chi connectivity index (χ1n) is 6.61. The Morgan fingerprint density at radius 2 is 1.95 bits per heavy atom. The molecular formula is C14H20F3N2O3+. The van der Waals surface area contributed by atoms with E-state index in [0.717, 1.165) is 10.5 Å². The molecule has 0 saturated carbocycles. The van der Waals surface area contributed by atoms with E-state index >= 15 is 0 Å². The molecule has 1 rings (SSSR count). The summed E-state index contributed by atoms with van der Waals surface area (Å²) in [6.07, 6.45) is -4.40. The molecule has 1 aromatic rings. The monoisotopic (exact) mass is 321 g/mol. The van der Waals surface area contributed by atoms with E-state index in [2.05, 4.69) is 0 Å². The van der Waals surface area contributed by atoms with E-state index in [1.807, 2.05) is 5.32 Å². The molecule has 0 saturated heterocycles. The van der Waals surface area contributed by atoms with E-state index in [1.54, 1.807) is 25.2 Å². The molecular weight excluding hydrogens is 301 g/mol. The summed E-state index contributed by atoms with van der Waals surface area (Å²) in [7, 11) is 4.78. The fraction of sp³-hybridized carbons (Fsp3) is 0.500. The van der Waals surface area contributed by atoms with Gasteiger partial charge in [0.2, 0.25) is 0 Å². The highest BCUT2D eigenvalue weighted by atomic mass is 19.4. The van der Waals surface area contributed by atoms with Crippen LogP contribution in [-0.2, 0) is 11.3 Å². The highest BCUT2D eigenvalue weighted by molar-refractivity contribution is 5.76. The molecule has 124 valence electrons. The van der Waals surface area contributed by atoms with E-state index in [1.165, 1.54) is 14.2 Å². The highest BCUT2D eigenvalue weighted by Gasteiger charge is 2.28. The minimum Gasteiger partial charge on any atom is -0.497 e.